The van der Waals surface area contributed by atoms with E-state index in [-0.39, 0.29) is 23.7 Å². The van der Waals surface area contributed by atoms with E-state index in [9.17, 15) is 4.79 Å². The Kier molecular flexibility index (Phi) is 2.79. The van der Waals surface area contributed by atoms with Crippen molar-refractivity contribution in [2.24, 2.45) is 0 Å². The molecule has 4 rings (SSSR count). The number of aromatic nitrogens is 2. The molecule has 112 valence electrons. The second kappa shape index (κ2) is 4.69. The van der Waals surface area contributed by atoms with Crippen LogP contribution in [0.15, 0.2) is 27.0 Å². The van der Waals surface area contributed by atoms with Crippen LogP contribution in [0.1, 0.15) is 34.7 Å². The molecule has 0 saturated heterocycles. The third-order valence-electron chi connectivity index (χ3n) is 3.89. The second-order valence-electron chi connectivity index (χ2n) is 5.67. The third-order valence-corrected chi connectivity index (χ3v) is 3.89. The number of hydrogen-bond donors (Lipinski definition) is 1. The third kappa shape index (κ3) is 2.07. The fourth-order valence-corrected chi connectivity index (χ4v) is 2.47. The smallest absolute Gasteiger partial charge is 0.309 e. The van der Waals surface area contributed by atoms with Gasteiger partial charge in [0.05, 0.1) is 0 Å². The van der Waals surface area contributed by atoms with Crippen molar-refractivity contribution < 1.29 is 13.6 Å². The fourth-order valence-electron chi connectivity index (χ4n) is 2.47. The number of nitrogens with zero attached hydrogens (tertiary/aromatic N) is 2. The molecule has 3 aromatic rings. The van der Waals surface area contributed by atoms with E-state index in [0.717, 1.165) is 34.9 Å². The average Bonchev–Trinajstić information content (AvgIpc) is 3.06. The molecule has 0 aliphatic heterocycles. The number of hydrogen-bond acceptors (Lipinski definition) is 5. The van der Waals surface area contributed by atoms with Gasteiger partial charge in [-0.3, -0.25) is 4.79 Å². The van der Waals surface area contributed by atoms with Gasteiger partial charge in [-0.2, -0.15) is 0 Å². The Bertz CT molecular complexity index is 874. The summed E-state index contributed by atoms with van der Waals surface area (Å²) in [5, 5.41) is 11.6. The number of aryl methyl sites for hydroxylation is 2. The van der Waals surface area contributed by atoms with Gasteiger partial charge in [-0.15, -0.1) is 10.2 Å². The van der Waals surface area contributed by atoms with Gasteiger partial charge in [-0.25, -0.2) is 0 Å². The minimum absolute atomic E-state index is 0.0292. The second-order valence-corrected chi connectivity index (χ2v) is 5.67. The zero-order valence-electron chi connectivity index (χ0n) is 12.3. The quantitative estimate of drug-likeness (QED) is 0.803. The first-order valence-electron chi connectivity index (χ1n) is 7.27. The number of amides is 1. The first kappa shape index (κ1) is 13.1. The van der Waals surface area contributed by atoms with Crippen LogP contribution in [0.3, 0.4) is 0 Å². The maximum Gasteiger partial charge on any atom is 0.309 e. The Balaban J connectivity index is 1.72. The van der Waals surface area contributed by atoms with E-state index in [2.05, 4.69) is 15.5 Å². The summed E-state index contributed by atoms with van der Waals surface area (Å²) in [6.07, 6.45) is 2.02. The number of para-hydroxylation sites is 1. The number of rotatable bonds is 3. The molecule has 1 aliphatic carbocycles. The predicted octanol–water partition coefficient (Wildman–Crippen LogP) is 2.99. The van der Waals surface area contributed by atoms with Gasteiger partial charge >= 0.3 is 11.8 Å². The number of carbonyl (C=O) groups is 1. The summed E-state index contributed by atoms with van der Waals surface area (Å²) in [5.74, 6) is 0.390. The van der Waals surface area contributed by atoms with Crippen LogP contribution < -0.4 is 5.32 Å². The van der Waals surface area contributed by atoms with Crippen molar-refractivity contribution in [2.45, 2.75) is 32.7 Å². The molecule has 22 heavy (non-hydrogen) atoms. The molecular formula is C16H15N3O3. The van der Waals surface area contributed by atoms with Crippen LogP contribution in [0.2, 0.25) is 0 Å². The minimum atomic E-state index is -0.328. The van der Waals surface area contributed by atoms with E-state index in [1.165, 1.54) is 0 Å². The number of benzene rings is 1. The standard InChI is InChI=1S/C16H15N3O3/c1-8-4-3-5-11-9(2)13(21-12(8)11)15-18-19-16(22-15)14(20)17-10-6-7-10/h3-5,10H,6-7H2,1-2H3,(H,17,20). The molecule has 0 atom stereocenters. The van der Waals surface area contributed by atoms with Gasteiger partial charge < -0.3 is 14.2 Å². The zero-order chi connectivity index (χ0) is 15.3. The van der Waals surface area contributed by atoms with E-state index in [0.29, 0.717) is 5.76 Å². The van der Waals surface area contributed by atoms with Crippen molar-refractivity contribution in [2.75, 3.05) is 0 Å². The number of fused-ring (bicyclic) bond motifs is 1. The normalized spacial score (nSPS) is 14.5. The summed E-state index contributed by atoms with van der Waals surface area (Å²) in [6, 6.07) is 6.20. The van der Waals surface area contributed by atoms with E-state index >= 15 is 0 Å². The Morgan fingerprint density at radius 3 is 2.77 bits per heavy atom. The summed E-state index contributed by atoms with van der Waals surface area (Å²) < 4.78 is 11.4. The van der Waals surface area contributed by atoms with Gasteiger partial charge in [0, 0.05) is 17.0 Å². The zero-order valence-corrected chi connectivity index (χ0v) is 12.3. The molecule has 6 nitrogen and oxygen atoms in total. The van der Waals surface area contributed by atoms with Crippen molar-refractivity contribution >= 4 is 16.9 Å². The molecule has 6 heteroatoms. The molecule has 1 aromatic carbocycles. The van der Waals surface area contributed by atoms with E-state index in [1.807, 2.05) is 32.0 Å². The molecule has 1 aliphatic rings. The number of nitrogens with one attached hydrogen (secondary N) is 1. The molecule has 0 radical (unpaired) electrons. The molecule has 0 spiro atoms. The Labute approximate surface area is 126 Å². The highest BCUT2D eigenvalue weighted by Gasteiger charge is 2.27. The molecule has 1 N–H and O–H groups in total. The van der Waals surface area contributed by atoms with Gasteiger partial charge in [0.15, 0.2) is 5.76 Å². The largest absolute Gasteiger partial charge is 0.450 e. The fraction of sp³-hybridized carbons (Fsp3) is 0.312. The van der Waals surface area contributed by atoms with Gasteiger partial charge in [0.1, 0.15) is 5.58 Å². The van der Waals surface area contributed by atoms with Crippen LogP contribution in [-0.2, 0) is 0 Å². The topological polar surface area (TPSA) is 81.2 Å². The van der Waals surface area contributed by atoms with Crippen LogP contribution in [-0.4, -0.2) is 22.1 Å². The highest BCUT2D eigenvalue weighted by atomic mass is 16.4. The summed E-state index contributed by atoms with van der Waals surface area (Å²) >= 11 is 0. The van der Waals surface area contributed by atoms with Gasteiger partial charge in [0.25, 0.3) is 5.89 Å². The molecule has 0 bridgehead atoms. The summed E-state index contributed by atoms with van der Waals surface area (Å²) in [6.45, 7) is 3.92. The highest BCUT2D eigenvalue weighted by molar-refractivity contribution is 5.91. The van der Waals surface area contributed by atoms with Gasteiger partial charge in [0.2, 0.25) is 0 Å². The molecule has 2 aromatic heterocycles. The maximum atomic E-state index is 11.9. The molecule has 0 unspecified atom stereocenters. The van der Waals surface area contributed by atoms with E-state index < -0.39 is 0 Å². The molecule has 2 heterocycles. The monoisotopic (exact) mass is 297 g/mol. The summed E-state index contributed by atoms with van der Waals surface area (Å²) in [7, 11) is 0. The van der Waals surface area contributed by atoms with Crippen LogP contribution in [0.4, 0.5) is 0 Å². The predicted molar refractivity (Wildman–Crippen MR) is 79.5 cm³/mol. The lowest BCUT2D eigenvalue weighted by atomic mass is 10.1. The number of carbonyl (C=O) groups excluding carboxylic acids is 1. The number of furan rings is 1. The lowest BCUT2D eigenvalue weighted by Crippen LogP contribution is -2.25. The van der Waals surface area contributed by atoms with Crippen molar-refractivity contribution in [3.8, 4) is 11.7 Å². The first-order chi connectivity index (χ1) is 10.6. The minimum Gasteiger partial charge on any atom is -0.450 e. The van der Waals surface area contributed by atoms with Crippen LogP contribution in [0.5, 0.6) is 0 Å². The Morgan fingerprint density at radius 2 is 2.05 bits per heavy atom. The maximum absolute atomic E-state index is 11.9. The van der Waals surface area contributed by atoms with E-state index in [4.69, 9.17) is 8.83 Å². The SMILES string of the molecule is Cc1c(-c2nnc(C(=O)NC3CC3)o2)oc2c(C)cccc12. The van der Waals surface area contributed by atoms with Crippen molar-refractivity contribution in [3.63, 3.8) is 0 Å². The Hall–Kier alpha value is -2.63. The lowest BCUT2D eigenvalue weighted by molar-refractivity contribution is 0.0917. The summed E-state index contributed by atoms with van der Waals surface area (Å²) in [4.78, 5) is 11.9. The van der Waals surface area contributed by atoms with Gasteiger partial charge in [-0.05, 0) is 32.3 Å². The first-order valence-corrected chi connectivity index (χ1v) is 7.27. The Morgan fingerprint density at radius 1 is 1.23 bits per heavy atom. The summed E-state index contributed by atoms with van der Waals surface area (Å²) in [5.41, 5.74) is 2.77. The molecule has 1 fully saturated rings. The molecule has 1 saturated carbocycles. The molecule has 1 amide bonds. The van der Waals surface area contributed by atoms with Crippen molar-refractivity contribution in [1.29, 1.82) is 0 Å². The average molecular weight is 297 g/mol. The van der Waals surface area contributed by atoms with Crippen LogP contribution in [0.25, 0.3) is 22.6 Å². The van der Waals surface area contributed by atoms with Crippen LogP contribution in [0, 0.1) is 13.8 Å². The molecular weight excluding hydrogens is 282 g/mol. The highest BCUT2D eigenvalue weighted by Crippen LogP contribution is 2.33. The van der Waals surface area contributed by atoms with Crippen molar-refractivity contribution in [1.82, 2.24) is 15.5 Å². The van der Waals surface area contributed by atoms with E-state index in [1.54, 1.807) is 0 Å². The van der Waals surface area contributed by atoms with Crippen LogP contribution >= 0.6 is 0 Å². The van der Waals surface area contributed by atoms with Crippen molar-refractivity contribution in [3.05, 3.63) is 35.2 Å². The van der Waals surface area contributed by atoms with Gasteiger partial charge in [-0.1, -0.05) is 18.2 Å². The lowest BCUT2D eigenvalue weighted by Gasteiger charge is -1.96.